The lowest BCUT2D eigenvalue weighted by molar-refractivity contribution is -0.108. The smallest absolute Gasteiger partial charge is 0.339 e. The number of aliphatic hydroxyl groups excluding tert-OH is 3. The average molecular weight is 1350 g/mol. The number of aliphatic hydroxyl groups is 3. The number of nitrogens with zero attached hydrogens (tertiary/aromatic N) is 4. The Kier molecular flexibility index (Phi) is 38.0. The second-order valence-electron chi connectivity index (χ2n) is 23.6. The van der Waals surface area contributed by atoms with Crippen molar-refractivity contribution >= 4 is 41.9 Å². The minimum absolute atomic E-state index is 0.0470. The van der Waals surface area contributed by atoms with Crippen LogP contribution in [-0.4, -0.2) is 221 Å². The number of carbonyl (C=O) groups excluding carboxylic acids is 7. The Morgan fingerprint density at radius 2 is 0.719 bits per heavy atom. The normalized spacial score (nSPS) is 16.3. The minimum Gasteiger partial charge on any atom is -0.462 e. The molecule has 4 aromatic rings. The Morgan fingerprint density at radius 3 is 1.00 bits per heavy atom. The van der Waals surface area contributed by atoms with E-state index < -0.39 is 53.6 Å². The first kappa shape index (κ1) is 80.9. The third-order valence-electron chi connectivity index (χ3n) is 16.3. The third kappa shape index (κ3) is 26.5. The molecule has 4 aromatic carbocycles. The summed E-state index contributed by atoms with van der Waals surface area (Å²) in [6, 6.07) is 31.7. The molecule has 96 heavy (non-hydrogen) atoms. The molecule has 24 nitrogen and oxygen atoms in total. The number of benzene rings is 4. The molecule has 6 rings (SSSR count). The van der Waals surface area contributed by atoms with E-state index in [4.69, 9.17) is 47.4 Å². The van der Waals surface area contributed by atoms with E-state index in [0.29, 0.717) is 72.4 Å². The van der Waals surface area contributed by atoms with Gasteiger partial charge in [-0.05, 0) is 93.5 Å². The molecule has 0 aliphatic carbocycles. The van der Waals surface area contributed by atoms with E-state index in [0.717, 1.165) is 51.4 Å². The van der Waals surface area contributed by atoms with Gasteiger partial charge in [0.05, 0.1) is 80.7 Å². The number of esters is 5. The second-order valence-corrected chi connectivity index (χ2v) is 23.6. The first-order valence-corrected chi connectivity index (χ1v) is 33.4. The fourth-order valence-corrected chi connectivity index (χ4v) is 10.4. The maximum absolute atomic E-state index is 12.6. The molecule has 2 fully saturated rings. The van der Waals surface area contributed by atoms with Crippen molar-refractivity contribution in [2.24, 2.45) is 17.3 Å². The van der Waals surface area contributed by atoms with Gasteiger partial charge < -0.3 is 72.5 Å². The number of amides is 4. The molecule has 0 radical (unpaired) electrons. The Hall–Kier alpha value is -7.55. The molecule has 0 saturated carbocycles. The lowest BCUT2D eigenvalue weighted by atomic mass is 9.88. The molecule has 0 bridgehead atoms. The van der Waals surface area contributed by atoms with Crippen molar-refractivity contribution < 1.29 is 96.2 Å². The molecule has 2 aliphatic heterocycles. The van der Waals surface area contributed by atoms with Crippen molar-refractivity contribution in [3.63, 3.8) is 0 Å². The minimum atomic E-state index is -1.10. The SMILES string of the molecule is CCC(COCC(O)COC(=O)c1ccccc1)(COCC(O)COC(=O)c1ccccc1)COCC(O)COC(=O)c1ccccc1.CCCCC(CC)COC(=O)c1ccccc1C(=O)OCC(CC)CCCC.CCN1C(=O)N(CC)C2C1N(COC)C(=O)N2COC. The lowest BCUT2D eigenvalue weighted by Gasteiger charge is -2.33. The number of hydrogen-bond acceptors (Lipinski definition) is 20. The van der Waals surface area contributed by atoms with E-state index >= 15 is 0 Å². The lowest BCUT2D eigenvalue weighted by Crippen LogP contribution is -2.47. The van der Waals surface area contributed by atoms with Crippen LogP contribution >= 0.6 is 0 Å². The largest absolute Gasteiger partial charge is 0.462 e. The van der Waals surface area contributed by atoms with Crippen LogP contribution in [-0.2, 0) is 47.4 Å². The summed E-state index contributed by atoms with van der Waals surface area (Å²) in [5.74, 6) is -1.86. The average Bonchev–Trinajstić information content (AvgIpc) is 1.58. The van der Waals surface area contributed by atoms with Gasteiger partial charge in [-0.2, -0.15) is 0 Å². The van der Waals surface area contributed by atoms with Gasteiger partial charge in [0.25, 0.3) is 0 Å². The van der Waals surface area contributed by atoms with Crippen LogP contribution in [0.15, 0.2) is 115 Å². The Morgan fingerprint density at radius 1 is 0.417 bits per heavy atom. The van der Waals surface area contributed by atoms with Gasteiger partial charge >= 0.3 is 41.9 Å². The summed E-state index contributed by atoms with van der Waals surface area (Å²) in [7, 11) is 3.07. The fourth-order valence-electron chi connectivity index (χ4n) is 10.4. The molecule has 2 saturated heterocycles. The van der Waals surface area contributed by atoms with Gasteiger partial charge in [-0.3, -0.25) is 9.80 Å². The van der Waals surface area contributed by atoms with E-state index in [2.05, 4.69) is 27.7 Å². The molecular formula is C72H104N4O20. The standard InChI is InChI=1S/C36H44O12.C24H38O4.C12H22N4O4/c1-2-36(24-43-18-30(37)21-46-33(40)27-12-6-3-7-13-27,25-44-19-31(38)22-47-34(41)28-14-8-4-9-15-28)26-45-20-32(39)23-48-35(42)29-16-10-5-11-17-29;1-5-9-13-19(7-3)17-27-23(25)21-15-11-12-16-22(21)24(26)28-18-20(8-4)14-10-6-2;1-5-13-9-10(14(6-2)11(13)17)16(8-20-4)12(18)15(9)7-19-3/h3-17,30-32,37-39H,2,18-26H2,1H3;11-12,15-16,19-20H,5-10,13-14,17-18H2,1-4H3;9-10H,5-8H2,1-4H3. The summed E-state index contributed by atoms with van der Waals surface area (Å²) in [5.41, 5.74) is 0.872. The topological polar surface area (TPSA) is 285 Å². The highest BCUT2D eigenvalue weighted by Gasteiger charge is 2.58. The van der Waals surface area contributed by atoms with E-state index in [-0.39, 0.29) is 97.3 Å². The van der Waals surface area contributed by atoms with Crippen LogP contribution in [0.5, 0.6) is 0 Å². The van der Waals surface area contributed by atoms with Gasteiger partial charge in [0.1, 0.15) is 51.6 Å². The van der Waals surface area contributed by atoms with E-state index in [9.17, 15) is 48.9 Å². The van der Waals surface area contributed by atoms with Crippen LogP contribution < -0.4 is 0 Å². The summed E-state index contributed by atoms with van der Waals surface area (Å²) in [6.45, 7) is 15.3. The van der Waals surface area contributed by atoms with Crippen molar-refractivity contribution in [3.8, 4) is 0 Å². The zero-order valence-corrected chi connectivity index (χ0v) is 57.6. The number of methoxy groups -OCH3 is 2. The number of ether oxygens (including phenoxy) is 10. The predicted octanol–water partition coefficient (Wildman–Crippen LogP) is 9.88. The first-order chi connectivity index (χ1) is 46.4. The molecule has 4 amide bonds. The number of hydrogen-bond donors (Lipinski definition) is 3. The van der Waals surface area contributed by atoms with Gasteiger partial charge in [-0.25, -0.2) is 33.6 Å². The summed E-state index contributed by atoms with van der Waals surface area (Å²) in [6.07, 6.45) is 5.14. The maximum Gasteiger partial charge on any atom is 0.339 e. The molecular weight excluding hydrogens is 1240 g/mol. The quantitative estimate of drug-likeness (QED) is 0.0275. The summed E-state index contributed by atoms with van der Waals surface area (Å²) < 4.78 is 54.2. The number of likely N-dealkylation sites (N-methyl/N-ethyl adjacent to an activating group) is 2. The predicted molar refractivity (Wildman–Crippen MR) is 358 cm³/mol. The van der Waals surface area contributed by atoms with E-state index in [1.165, 1.54) is 14.2 Å². The Bertz CT molecular complexity index is 2650. The van der Waals surface area contributed by atoms with Crippen molar-refractivity contribution in [1.82, 2.24) is 19.6 Å². The monoisotopic (exact) mass is 1340 g/mol. The fraction of sp³-hybridized carbons (Fsp3) is 0.569. The molecule has 7 atom stereocenters. The molecule has 532 valence electrons. The third-order valence-corrected chi connectivity index (χ3v) is 16.3. The number of fused-ring (bicyclic) bond motifs is 1. The van der Waals surface area contributed by atoms with Gasteiger partial charge in [0, 0.05) is 32.7 Å². The van der Waals surface area contributed by atoms with Crippen LogP contribution in [0, 0.1) is 17.3 Å². The maximum atomic E-state index is 12.6. The summed E-state index contributed by atoms with van der Waals surface area (Å²) >= 11 is 0. The van der Waals surface area contributed by atoms with E-state index in [1.54, 1.807) is 135 Å². The highest BCUT2D eigenvalue weighted by molar-refractivity contribution is 6.03. The molecule has 7 unspecified atom stereocenters. The van der Waals surface area contributed by atoms with Crippen LogP contribution in [0.2, 0.25) is 0 Å². The molecule has 24 heteroatoms. The van der Waals surface area contributed by atoms with E-state index in [1.807, 2.05) is 20.8 Å². The highest BCUT2D eigenvalue weighted by atomic mass is 16.6. The molecule has 0 aromatic heterocycles. The van der Waals surface area contributed by atoms with Crippen molar-refractivity contribution in [2.45, 2.75) is 137 Å². The second kappa shape index (κ2) is 45.0. The molecule has 2 aliphatic rings. The molecule has 3 N–H and O–H groups in total. The Labute approximate surface area is 566 Å². The zero-order valence-electron chi connectivity index (χ0n) is 57.6. The molecule has 2 heterocycles. The zero-order chi connectivity index (χ0) is 70.3. The summed E-state index contributed by atoms with van der Waals surface area (Å²) in [5, 5.41) is 31.1. The number of carbonyl (C=O) groups is 7. The van der Waals surface area contributed by atoms with Crippen LogP contribution in [0.3, 0.4) is 0 Å². The number of unbranched alkanes of at least 4 members (excludes halogenated alkanes) is 2. The van der Waals surface area contributed by atoms with Gasteiger partial charge in [-0.15, -0.1) is 0 Å². The first-order valence-electron chi connectivity index (χ1n) is 33.4. The van der Waals surface area contributed by atoms with Gasteiger partial charge in [0.2, 0.25) is 0 Å². The molecule has 0 spiro atoms. The van der Waals surface area contributed by atoms with Crippen LogP contribution in [0.25, 0.3) is 0 Å². The van der Waals surface area contributed by atoms with Gasteiger partial charge in [-0.1, -0.05) is 140 Å². The van der Waals surface area contributed by atoms with Crippen LogP contribution in [0.1, 0.15) is 158 Å². The Balaban J connectivity index is 0.000000342. The van der Waals surface area contributed by atoms with Crippen molar-refractivity contribution in [3.05, 3.63) is 143 Å². The highest BCUT2D eigenvalue weighted by Crippen LogP contribution is 2.35. The number of urea groups is 2. The van der Waals surface area contributed by atoms with Crippen molar-refractivity contribution in [1.29, 1.82) is 0 Å². The van der Waals surface area contributed by atoms with Crippen molar-refractivity contribution in [2.75, 3.05) is 113 Å². The van der Waals surface area contributed by atoms with Crippen LogP contribution in [0.4, 0.5) is 9.59 Å². The number of rotatable bonds is 42. The van der Waals surface area contributed by atoms with Gasteiger partial charge in [0.15, 0.2) is 12.3 Å². The summed E-state index contributed by atoms with van der Waals surface area (Å²) in [4.78, 5) is 93.1.